The second kappa shape index (κ2) is 13.9. The smallest absolute Gasteiger partial charge is 0.248 e. The Hall–Kier alpha value is -3.88. The number of amides is 1. The van der Waals surface area contributed by atoms with Crippen LogP contribution in [0.3, 0.4) is 0 Å². The molecule has 0 saturated carbocycles. The average molecular weight is 683 g/mol. The Morgan fingerprint density at radius 3 is 2.62 bits per heavy atom. The number of sulfone groups is 1. The highest BCUT2D eigenvalue weighted by atomic mass is 32.2. The van der Waals surface area contributed by atoms with Crippen LogP contribution in [0.4, 0.5) is 33.3 Å². The van der Waals surface area contributed by atoms with Gasteiger partial charge in [-0.3, -0.25) is 4.79 Å². The van der Waals surface area contributed by atoms with Gasteiger partial charge in [-0.15, -0.1) is 0 Å². The van der Waals surface area contributed by atoms with E-state index in [4.69, 9.17) is 4.98 Å². The number of carbonyl (C=O) groups is 1. The van der Waals surface area contributed by atoms with Gasteiger partial charge in [-0.2, -0.15) is 4.98 Å². The lowest BCUT2D eigenvalue weighted by Crippen LogP contribution is -2.57. The van der Waals surface area contributed by atoms with E-state index < -0.39 is 21.6 Å². The van der Waals surface area contributed by atoms with Gasteiger partial charge < -0.3 is 30.4 Å². The average Bonchev–Trinajstić information content (AvgIpc) is 2.99. The molecule has 5 rings (SSSR count). The minimum absolute atomic E-state index is 0.00822. The van der Waals surface area contributed by atoms with Crippen molar-refractivity contribution < 1.29 is 22.7 Å². The third-order valence-electron chi connectivity index (χ3n) is 9.10. The first-order valence-electron chi connectivity index (χ1n) is 16.3. The highest BCUT2D eigenvalue weighted by molar-refractivity contribution is 7.90. The molecule has 3 aromatic rings. The predicted molar refractivity (Wildman–Crippen MR) is 190 cm³/mol. The molecule has 0 spiro atoms. The summed E-state index contributed by atoms with van der Waals surface area (Å²) in [5.74, 6) is 1.23. The number of anilines is 5. The molecule has 0 radical (unpaired) electrons. The van der Waals surface area contributed by atoms with Crippen molar-refractivity contribution >= 4 is 55.5 Å². The van der Waals surface area contributed by atoms with Crippen LogP contribution in [0, 0.1) is 5.92 Å². The minimum Gasteiger partial charge on any atom is -0.390 e. The molecule has 3 N–H and O–H groups in total. The number of halogens is 1. The van der Waals surface area contributed by atoms with Crippen LogP contribution in [-0.4, -0.2) is 109 Å². The van der Waals surface area contributed by atoms with Crippen molar-refractivity contribution in [2.75, 3.05) is 72.7 Å². The first-order chi connectivity index (χ1) is 22.5. The number of nitrogens with one attached hydrogen (secondary N) is 2. The zero-order chi connectivity index (χ0) is 35.0. The lowest BCUT2D eigenvalue weighted by Gasteiger charge is -2.48. The highest BCUT2D eigenvalue weighted by Crippen LogP contribution is 2.43. The molecule has 14 heteroatoms. The predicted octanol–water partition coefficient (Wildman–Crippen LogP) is 4.12. The van der Waals surface area contributed by atoms with E-state index in [0.717, 1.165) is 22.0 Å². The Balaban J connectivity index is 1.52. The number of rotatable bonds is 11. The van der Waals surface area contributed by atoms with Crippen molar-refractivity contribution in [3.8, 4) is 0 Å². The summed E-state index contributed by atoms with van der Waals surface area (Å²) >= 11 is 0. The fourth-order valence-corrected chi connectivity index (χ4v) is 7.65. The van der Waals surface area contributed by atoms with E-state index in [0.29, 0.717) is 42.9 Å². The molecular formula is C34H47FN8O4S. The zero-order valence-corrected chi connectivity index (χ0v) is 29.6. The van der Waals surface area contributed by atoms with E-state index in [-0.39, 0.29) is 42.5 Å². The Kier molecular flexibility index (Phi) is 10.3. The Labute approximate surface area is 282 Å². The molecule has 4 heterocycles. The summed E-state index contributed by atoms with van der Waals surface area (Å²) in [4.78, 5) is 32.6. The molecule has 2 aromatic heterocycles. The Bertz CT molecular complexity index is 1800. The lowest BCUT2D eigenvalue weighted by molar-refractivity contribution is -0.111. The fraction of sp³-hybridized carbons (Fsp3) is 0.529. The van der Waals surface area contributed by atoms with Crippen LogP contribution >= 0.6 is 0 Å². The molecule has 2 aliphatic heterocycles. The summed E-state index contributed by atoms with van der Waals surface area (Å²) in [7, 11) is 0.727. The van der Waals surface area contributed by atoms with Crippen LogP contribution in [0.5, 0.6) is 0 Å². The quantitative estimate of drug-likeness (QED) is 0.251. The van der Waals surface area contributed by atoms with E-state index in [1.807, 2.05) is 44.1 Å². The van der Waals surface area contributed by atoms with Gasteiger partial charge in [-0.1, -0.05) is 19.9 Å². The molecule has 48 heavy (non-hydrogen) atoms. The molecule has 0 bridgehead atoms. The lowest BCUT2D eigenvalue weighted by atomic mass is 9.88. The van der Waals surface area contributed by atoms with Gasteiger partial charge >= 0.3 is 0 Å². The Morgan fingerprint density at radius 2 is 1.98 bits per heavy atom. The largest absolute Gasteiger partial charge is 0.390 e. The van der Waals surface area contributed by atoms with Crippen molar-refractivity contribution in [3.63, 3.8) is 0 Å². The van der Waals surface area contributed by atoms with E-state index in [2.05, 4.69) is 39.3 Å². The number of alkyl halides is 1. The van der Waals surface area contributed by atoms with Crippen LogP contribution in [-0.2, 0) is 14.6 Å². The zero-order valence-electron chi connectivity index (χ0n) is 28.7. The van der Waals surface area contributed by atoms with Gasteiger partial charge in [0.05, 0.1) is 18.4 Å². The van der Waals surface area contributed by atoms with Crippen LogP contribution in [0.1, 0.15) is 45.6 Å². The van der Waals surface area contributed by atoms with Crippen molar-refractivity contribution in [1.82, 2.24) is 19.9 Å². The van der Waals surface area contributed by atoms with E-state index in [1.165, 1.54) is 19.3 Å². The monoisotopic (exact) mass is 682 g/mol. The summed E-state index contributed by atoms with van der Waals surface area (Å²) in [5.41, 5.74) is 0.703. The maximum atomic E-state index is 14.9. The molecule has 260 valence electrons. The number of aliphatic hydroxyl groups is 1. The van der Waals surface area contributed by atoms with Crippen molar-refractivity contribution in [3.05, 3.63) is 48.3 Å². The second-order valence-electron chi connectivity index (χ2n) is 13.9. The molecule has 2 fully saturated rings. The number of aliphatic hydroxyl groups excluding tert-OH is 1. The van der Waals surface area contributed by atoms with E-state index in [9.17, 15) is 22.7 Å². The normalized spacial score (nSPS) is 23.3. The minimum atomic E-state index is -3.13. The third-order valence-corrected chi connectivity index (χ3v) is 10.1. The van der Waals surface area contributed by atoms with E-state index in [1.54, 1.807) is 23.4 Å². The number of nitrogens with zero attached hydrogens (tertiary/aromatic N) is 6. The summed E-state index contributed by atoms with van der Waals surface area (Å²) in [5, 5.41) is 18.2. The number of fused-ring (bicyclic) bond motifs is 1. The molecular weight excluding hydrogens is 635 g/mol. The number of benzene rings is 1. The van der Waals surface area contributed by atoms with Gasteiger partial charge in [0.15, 0.2) is 5.67 Å². The van der Waals surface area contributed by atoms with Crippen LogP contribution < -0.4 is 20.4 Å². The second-order valence-corrected chi connectivity index (χ2v) is 16.1. The van der Waals surface area contributed by atoms with Gasteiger partial charge in [-0.05, 0) is 69.4 Å². The summed E-state index contributed by atoms with van der Waals surface area (Å²) < 4.78 is 39.0. The summed E-state index contributed by atoms with van der Waals surface area (Å²) in [6.45, 7) is 9.14. The topological polar surface area (TPSA) is 144 Å². The van der Waals surface area contributed by atoms with Gasteiger partial charge in [0.1, 0.15) is 21.5 Å². The number of hydrogen-bond acceptors (Lipinski definition) is 11. The number of pyridine rings is 1. The maximum Gasteiger partial charge on any atom is 0.248 e. The van der Waals surface area contributed by atoms with Crippen LogP contribution in [0.15, 0.2) is 42.7 Å². The number of likely N-dealkylation sites (N-methyl/N-ethyl adjacent to an activating group) is 1. The molecule has 4 atom stereocenters. The van der Waals surface area contributed by atoms with Gasteiger partial charge in [0.25, 0.3) is 0 Å². The molecule has 1 amide bonds. The summed E-state index contributed by atoms with van der Waals surface area (Å²) in [6.07, 6.45) is 7.23. The number of piperidine rings is 1. The Morgan fingerprint density at radius 1 is 1.23 bits per heavy atom. The molecule has 2 saturated heterocycles. The maximum absolute atomic E-state index is 14.9. The molecule has 12 nitrogen and oxygen atoms in total. The third kappa shape index (κ3) is 8.04. The van der Waals surface area contributed by atoms with Crippen molar-refractivity contribution in [1.29, 1.82) is 0 Å². The molecule has 2 aliphatic rings. The van der Waals surface area contributed by atoms with Crippen molar-refractivity contribution in [2.45, 2.75) is 57.8 Å². The fourth-order valence-electron chi connectivity index (χ4n) is 6.49. The standard InChI is InChI=1S/C34H47FN8O4S/c1-21(2)32-24-15-30(39-29-10-12-36-33(40-29)42-14-11-28(44)34(4,35)20-42)37-17-25(24)27(43-18-23(22(43)3)19-48(7,46)47)16-26(32)38-31(45)9-8-13-41(5)6/h8-10,12,15-17,21-23,28,44H,11,13-14,18-20H2,1-7H3,(H,38,45)(H,36,37,39,40)/b9-8+/t22-,23-,28-,34+/m1/s1. The number of carbonyl (C=O) groups excluding carboxylic acids is 1. The van der Waals surface area contributed by atoms with Gasteiger partial charge in [0, 0.05) is 73.1 Å². The highest BCUT2D eigenvalue weighted by Gasteiger charge is 2.40. The first-order valence-corrected chi connectivity index (χ1v) is 18.3. The van der Waals surface area contributed by atoms with E-state index >= 15 is 0 Å². The molecule has 1 aromatic carbocycles. The molecule has 0 unspecified atom stereocenters. The first kappa shape index (κ1) is 35.4. The van der Waals surface area contributed by atoms with Gasteiger partial charge in [-0.25, -0.2) is 22.8 Å². The number of hydrogen-bond donors (Lipinski definition) is 3. The number of aromatic nitrogens is 3. The van der Waals surface area contributed by atoms with Crippen LogP contribution in [0.25, 0.3) is 10.8 Å². The van der Waals surface area contributed by atoms with Crippen LogP contribution in [0.2, 0.25) is 0 Å². The SMILES string of the molecule is CC(C)c1c(NC(=O)/C=C/CN(C)C)cc(N2C[C@H](CS(C)(=O)=O)[C@H]2C)c2cnc(Nc3ccnc(N4CC[C@@H](O)[C@@](C)(F)C4)n3)cc12. The van der Waals surface area contributed by atoms with Crippen molar-refractivity contribution in [2.24, 2.45) is 5.92 Å². The summed E-state index contributed by atoms with van der Waals surface area (Å²) in [6, 6.07) is 5.58. The molecule has 0 aliphatic carbocycles. The van der Waals surface area contributed by atoms with Gasteiger partial charge in [0.2, 0.25) is 11.9 Å².